The Morgan fingerprint density at radius 3 is 2.25 bits per heavy atom. The van der Waals surface area contributed by atoms with E-state index in [1.165, 1.54) is 13.8 Å². The molecule has 1 unspecified atom stereocenters. The molecule has 0 aliphatic rings. The number of aliphatic carboxylic acids is 1. The topological polar surface area (TPSA) is 66.4 Å². The van der Waals surface area contributed by atoms with Gasteiger partial charge in [0.1, 0.15) is 0 Å². The summed E-state index contributed by atoms with van der Waals surface area (Å²) in [5, 5.41) is 11.6. The number of amides is 1. The Kier molecular flexibility index (Phi) is 6.88. The predicted molar refractivity (Wildman–Crippen MR) is 66.6 cm³/mol. The van der Waals surface area contributed by atoms with Gasteiger partial charge in [-0.2, -0.15) is 11.8 Å². The standard InChI is InChI=1S/C11H19NO3S/c1-5-9(6-16-4)12-10(13)7(2)8(3)11(14)15/h9H,5-6H2,1-4H3,(H,12,13)(H,14,15). The maximum Gasteiger partial charge on any atom is 0.331 e. The normalized spacial score (nSPS) is 14.0. The van der Waals surface area contributed by atoms with Crippen LogP contribution in [-0.4, -0.2) is 35.0 Å². The second-order valence-electron chi connectivity index (χ2n) is 3.59. The molecule has 0 saturated heterocycles. The lowest BCUT2D eigenvalue weighted by molar-refractivity contribution is -0.133. The van der Waals surface area contributed by atoms with Crippen molar-refractivity contribution in [2.45, 2.75) is 33.2 Å². The number of hydrogen-bond donors (Lipinski definition) is 2. The highest BCUT2D eigenvalue weighted by molar-refractivity contribution is 7.98. The van der Waals surface area contributed by atoms with Gasteiger partial charge in [-0.1, -0.05) is 6.92 Å². The van der Waals surface area contributed by atoms with Crippen LogP contribution in [0.15, 0.2) is 11.1 Å². The summed E-state index contributed by atoms with van der Waals surface area (Å²) in [7, 11) is 0. The largest absolute Gasteiger partial charge is 0.478 e. The number of carboxylic acid groups (broad SMARTS) is 1. The summed E-state index contributed by atoms with van der Waals surface area (Å²) in [4.78, 5) is 22.4. The molecular formula is C11H19NO3S. The van der Waals surface area contributed by atoms with Crippen molar-refractivity contribution < 1.29 is 14.7 Å². The van der Waals surface area contributed by atoms with Gasteiger partial charge in [0, 0.05) is 22.9 Å². The Balaban J connectivity index is 4.57. The van der Waals surface area contributed by atoms with Crippen LogP contribution in [0.2, 0.25) is 0 Å². The van der Waals surface area contributed by atoms with Crippen molar-refractivity contribution in [2.75, 3.05) is 12.0 Å². The number of hydrogen-bond acceptors (Lipinski definition) is 3. The highest BCUT2D eigenvalue weighted by atomic mass is 32.2. The quantitative estimate of drug-likeness (QED) is 0.698. The molecule has 0 aromatic carbocycles. The highest BCUT2D eigenvalue weighted by Crippen LogP contribution is 2.06. The monoisotopic (exact) mass is 245 g/mol. The van der Waals surface area contributed by atoms with Crippen LogP contribution in [-0.2, 0) is 9.59 Å². The summed E-state index contributed by atoms with van der Waals surface area (Å²) in [5.41, 5.74) is 0.364. The minimum absolute atomic E-state index is 0.0940. The van der Waals surface area contributed by atoms with Crippen LogP contribution in [0.25, 0.3) is 0 Å². The first-order valence-corrected chi connectivity index (χ1v) is 6.53. The Hall–Kier alpha value is -0.970. The molecule has 4 nitrogen and oxygen atoms in total. The molecular weight excluding hydrogens is 226 g/mol. The molecule has 0 aliphatic heterocycles. The van der Waals surface area contributed by atoms with Gasteiger partial charge in [0.05, 0.1) is 0 Å². The van der Waals surface area contributed by atoms with Crippen LogP contribution in [0.5, 0.6) is 0 Å². The van der Waals surface area contributed by atoms with Crippen molar-refractivity contribution >= 4 is 23.6 Å². The molecule has 16 heavy (non-hydrogen) atoms. The fourth-order valence-electron chi connectivity index (χ4n) is 1.09. The fourth-order valence-corrected chi connectivity index (χ4v) is 1.81. The Bertz CT molecular complexity index is 300. The summed E-state index contributed by atoms with van der Waals surface area (Å²) in [6.45, 7) is 4.96. The van der Waals surface area contributed by atoms with Crippen molar-refractivity contribution in [2.24, 2.45) is 0 Å². The fraction of sp³-hybridized carbons (Fsp3) is 0.636. The number of rotatable bonds is 6. The Morgan fingerprint density at radius 1 is 1.31 bits per heavy atom. The van der Waals surface area contributed by atoms with Gasteiger partial charge in [-0.3, -0.25) is 4.79 Å². The number of carboxylic acids is 1. The third kappa shape index (κ3) is 4.70. The Labute approximate surface area is 100 Å². The van der Waals surface area contributed by atoms with Gasteiger partial charge in [-0.25, -0.2) is 4.79 Å². The zero-order chi connectivity index (χ0) is 12.7. The first-order valence-electron chi connectivity index (χ1n) is 5.14. The van der Waals surface area contributed by atoms with E-state index < -0.39 is 5.97 Å². The van der Waals surface area contributed by atoms with Gasteiger partial charge < -0.3 is 10.4 Å². The molecule has 0 fully saturated rings. The van der Waals surface area contributed by atoms with Crippen molar-refractivity contribution in [3.8, 4) is 0 Å². The molecule has 5 heteroatoms. The average Bonchev–Trinajstić information content (AvgIpc) is 2.25. The van der Waals surface area contributed by atoms with Crippen molar-refractivity contribution in [3.63, 3.8) is 0 Å². The lowest BCUT2D eigenvalue weighted by Gasteiger charge is -2.16. The zero-order valence-corrected chi connectivity index (χ0v) is 11.0. The van der Waals surface area contributed by atoms with Gasteiger partial charge in [0.25, 0.3) is 0 Å². The second kappa shape index (κ2) is 7.33. The highest BCUT2D eigenvalue weighted by Gasteiger charge is 2.15. The van der Waals surface area contributed by atoms with Crippen LogP contribution < -0.4 is 5.32 Å². The van der Waals surface area contributed by atoms with Crippen LogP contribution in [0.1, 0.15) is 27.2 Å². The number of nitrogens with one attached hydrogen (secondary N) is 1. The van der Waals surface area contributed by atoms with Gasteiger partial charge >= 0.3 is 5.97 Å². The van der Waals surface area contributed by atoms with Crippen LogP contribution >= 0.6 is 11.8 Å². The number of carbonyl (C=O) groups excluding carboxylic acids is 1. The molecule has 1 amide bonds. The average molecular weight is 245 g/mol. The SMILES string of the molecule is CCC(CSC)NC(=O)C(C)=C(C)C(=O)O. The summed E-state index contributed by atoms with van der Waals surface area (Å²) >= 11 is 1.66. The Morgan fingerprint density at radius 2 is 1.88 bits per heavy atom. The maximum absolute atomic E-state index is 11.7. The van der Waals surface area contributed by atoms with Gasteiger partial charge in [0.15, 0.2) is 0 Å². The van der Waals surface area contributed by atoms with E-state index in [0.717, 1.165) is 12.2 Å². The van der Waals surface area contributed by atoms with E-state index >= 15 is 0 Å². The minimum Gasteiger partial charge on any atom is -0.478 e. The molecule has 92 valence electrons. The molecule has 0 aliphatic carbocycles. The lowest BCUT2D eigenvalue weighted by atomic mass is 10.1. The molecule has 0 heterocycles. The van der Waals surface area contributed by atoms with E-state index in [9.17, 15) is 9.59 Å². The van der Waals surface area contributed by atoms with Crippen LogP contribution in [0, 0.1) is 0 Å². The maximum atomic E-state index is 11.7. The molecule has 0 aromatic rings. The zero-order valence-electron chi connectivity index (χ0n) is 10.2. The predicted octanol–water partition coefficient (Wildman–Crippen LogP) is 1.67. The third-order valence-electron chi connectivity index (χ3n) is 2.42. The molecule has 0 rings (SSSR count). The van der Waals surface area contributed by atoms with E-state index in [0.29, 0.717) is 0 Å². The summed E-state index contributed by atoms with van der Waals surface area (Å²) in [6.07, 6.45) is 2.81. The van der Waals surface area contributed by atoms with E-state index in [1.807, 2.05) is 13.2 Å². The molecule has 2 N–H and O–H groups in total. The van der Waals surface area contributed by atoms with Crippen molar-refractivity contribution in [1.82, 2.24) is 5.32 Å². The molecule has 0 bridgehead atoms. The van der Waals surface area contributed by atoms with Gasteiger partial charge in [-0.05, 0) is 26.5 Å². The van der Waals surface area contributed by atoms with Gasteiger partial charge in [0.2, 0.25) is 5.91 Å². The number of carbonyl (C=O) groups is 2. The molecule has 0 radical (unpaired) electrons. The van der Waals surface area contributed by atoms with E-state index in [-0.39, 0.29) is 23.1 Å². The van der Waals surface area contributed by atoms with Crippen molar-refractivity contribution in [3.05, 3.63) is 11.1 Å². The molecule has 0 spiro atoms. The van der Waals surface area contributed by atoms with E-state index in [4.69, 9.17) is 5.11 Å². The lowest BCUT2D eigenvalue weighted by Crippen LogP contribution is -2.37. The molecule has 0 aromatic heterocycles. The molecule has 0 saturated carbocycles. The second-order valence-corrected chi connectivity index (χ2v) is 4.50. The summed E-state index contributed by atoms with van der Waals surface area (Å²) in [5.74, 6) is -0.506. The van der Waals surface area contributed by atoms with Crippen molar-refractivity contribution in [1.29, 1.82) is 0 Å². The number of thioether (sulfide) groups is 1. The van der Waals surface area contributed by atoms with Crippen LogP contribution in [0.3, 0.4) is 0 Å². The minimum atomic E-state index is -1.05. The van der Waals surface area contributed by atoms with Crippen LogP contribution in [0.4, 0.5) is 0 Å². The summed E-state index contributed by atoms with van der Waals surface area (Å²) < 4.78 is 0. The smallest absolute Gasteiger partial charge is 0.331 e. The van der Waals surface area contributed by atoms with E-state index in [1.54, 1.807) is 11.8 Å². The van der Waals surface area contributed by atoms with E-state index in [2.05, 4.69) is 5.32 Å². The first-order chi connectivity index (χ1) is 7.43. The molecule has 1 atom stereocenters. The van der Waals surface area contributed by atoms with Gasteiger partial charge in [-0.15, -0.1) is 0 Å². The first kappa shape index (κ1) is 15.0. The third-order valence-corrected chi connectivity index (χ3v) is 3.16. The summed E-state index contributed by atoms with van der Waals surface area (Å²) in [6, 6.07) is 0.0963.